The zero-order valence-electron chi connectivity index (χ0n) is 11.4. The normalized spacial score (nSPS) is 18.4. The number of rotatable bonds is 2. The molecule has 1 aliphatic carbocycles. The van der Waals surface area contributed by atoms with Crippen molar-refractivity contribution in [1.29, 1.82) is 0 Å². The first kappa shape index (κ1) is 12.4. The van der Waals surface area contributed by atoms with E-state index in [2.05, 4.69) is 17.1 Å². The monoisotopic (exact) mass is 256 g/mol. The summed E-state index contributed by atoms with van der Waals surface area (Å²) in [7, 11) is 1.68. The summed E-state index contributed by atoms with van der Waals surface area (Å²) in [6.07, 6.45) is 7.74. The van der Waals surface area contributed by atoms with Gasteiger partial charge in [0.2, 0.25) is 0 Å². The number of fused-ring (bicyclic) bond motifs is 1. The molecule has 1 aromatic heterocycles. The number of pyridine rings is 1. The molecule has 3 rings (SSSR count). The lowest BCUT2D eigenvalue weighted by molar-refractivity contribution is 0.304. The maximum Gasteiger partial charge on any atom is 0.121 e. The van der Waals surface area contributed by atoms with Gasteiger partial charge in [-0.25, -0.2) is 0 Å². The number of benzene rings is 1. The molecule has 0 aliphatic heterocycles. The van der Waals surface area contributed by atoms with Crippen molar-refractivity contribution in [1.82, 2.24) is 4.98 Å². The highest BCUT2D eigenvalue weighted by molar-refractivity contribution is 5.84. The van der Waals surface area contributed by atoms with E-state index < -0.39 is 0 Å². The van der Waals surface area contributed by atoms with Crippen molar-refractivity contribution < 1.29 is 4.74 Å². The van der Waals surface area contributed by atoms with Crippen LogP contribution in [0.5, 0.6) is 5.75 Å². The molecule has 1 heterocycles. The largest absolute Gasteiger partial charge is 0.497 e. The number of hydrogen-bond acceptors (Lipinski definition) is 3. The number of methoxy groups -OCH3 is 1. The Morgan fingerprint density at radius 1 is 1.16 bits per heavy atom. The minimum absolute atomic E-state index is 0.186. The van der Waals surface area contributed by atoms with Gasteiger partial charge in [0.05, 0.1) is 12.6 Å². The second-order valence-electron chi connectivity index (χ2n) is 5.46. The quantitative estimate of drug-likeness (QED) is 0.896. The Balaban J connectivity index is 2.13. The maximum atomic E-state index is 6.66. The third-order valence-electron chi connectivity index (χ3n) is 4.23. The predicted octanol–water partition coefficient (Wildman–Crippen LogP) is 3.36. The SMILES string of the molecule is COc1ccc2c(C3(N)CCCCC3)ccnc2c1. The highest BCUT2D eigenvalue weighted by Gasteiger charge is 2.30. The summed E-state index contributed by atoms with van der Waals surface area (Å²) < 4.78 is 5.26. The number of aromatic nitrogens is 1. The van der Waals surface area contributed by atoms with E-state index in [9.17, 15) is 0 Å². The minimum Gasteiger partial charge on any atom is -0.497 e. The molecule has 0 spiro atoms. The fourth-order valence-corrected chi connectivity index (χ4v) is 3.14. The van der Waals surface area contributed by atoms with E-state index in [-0.39, 0.29) is 5.54 Å². The fraction of sp³-hybridized carbons (Fsp3) is 0.438. The molecule has 1 saturated carbocycles. The summed E-state index contributed by atoms with van der Waals surface area (Å²) in [5.74, 6) is 0.840. The van der Waals surface area contributed by atoms with Crippen molar-refractivity contribution in [2.75, 3.05) is 7.11 Å². The second-order valence-corrected chi connectivity index (χ2v) is 5.46. The standard InChI is InChI=1S/C16H20N2O/c1-19-12-5-6-13-14(7-10-18-15(13)11-12)16(17)8-3-2-4-9-16/h5-7,10-11H,2-4,8-9,17H2,1H3. The predicted molar refractivity (Wildman–Crippen MR) is 77.2 cm³/mol. The van der Waals surface area contributed by atoms with Crippen LogP contribution in [0.3, 0.4) is 0 Å². The maximum absolute atomic E-state index is 6.66. The van der Waals surface area contributed by atoms with Gasteiger partial charge in [0.25, 0.3) is 0 Å². The van der Waals surface area contributed by atoms with E-state index >= 15 is 0 Å². The number of nitrogens with two attached hydrogens (primary N) is 1. The van der Waals surface area contributed by atoms with Gasteiger partial charge in [0.15, 0.2) is 0 Å². The van der Waals surface area contributed by atoms with E-state index in [1.165, 1.54) is 24.8 Å². The average Bonchev–Trinajstić information content (AvgIpc) is 2.46. The zero-order valence-corrected chi connectivity index (χ0v) is 11.4. The molecule has 2 aromatic rings. The van der Waals surface area contributed by atoms with Gasteiger partial charge in [0, 0.05) is 23.2 Å². The van der Waals surface area contributed by atoms with Crippen LogP contribution in [0, 0.1) is 0 Å². The van der Waals surface area contributed by atoms with Crippen LogP contribution in [0.25, 0.3) is 10.9 Å². The van der Waals surface area contributed by atoms with Gasteiger partial charge in [-0.1, -0.05) is 19.3 Å². The van der Waals surface area contributed by atoms with E-state index in [0.29, 0.717) is 0 Å². The van der Waals surface area contributed by atoms with Crippen LogP contribution in [-0.2, 0) is 5.54 Å². The van der Waals surface area contributed by atoms with Gasteiger partial charge in [-0.05, 0) is 36.6 Å². The molecule has 3 heteroatoms. The minimum atomic E-state index is -0.186. The molecule has 100 valence electrons. The molecule has 0 saturated heterocycles. The molecule has 3 nitrogen and oxygen atoms in total. The Labute approximate surface area is 113 Å². The lowest BCUT2D eigenvalue weighted by atomic mass is 9.76. The molecule has 0 bridgehead atoms. The highest BCUT2D eigenvalue weighted by Crippen LogP contribution is 2.38. The fourth-order valence-electron chi connectivity index (χ4n) is 3.14. The summed E-state index contributed by atoms with van der Waals surface area (Å²) in [4.78, 5) is 4.44. The smallest absolute Gasteiger partial charge is 0.121 e. The Kier molecular flexibility index (Phi) is 3.15. The first-order valence-corrected chi connectivity index (χ1v) is 6.95. The molecular formula is C16H20N2O. The molecule has 0 unspecified atom stereocenters. The van der Waals surface area contributed by atoms with E-state index in [1.54, 1.807) is 7.11 Å². The van der Waals surface area contributed by atoms with Crippen LogP contribution in [0.2, 0.25) is 0 Å². The highest BCUT2D eigenvalue weighted by atomic mass is 16.5. The molecule has 0 radical (unpaired) electrons. The first-order valence-electron chi connectivity index (χ1n) is 6.95. The van der Waals surface area contributed by atoms with Gasteiger partial charge >= 0.3 is 0 Å². The lowest BCUT2D eigenvalue weighted by Crippen LogP contribution is -2.38. The number of hydrogen-bond donors (Lipinski definition) is 1. The van der Waals surface area contributed by atoms with Crippen molar-refractivity contribution in [3.05, 3.63) is 36.0 Å². The molecule has 0 atom stereocenters. The molecule has 1 aliphatic rings. The Morgan fingerprint density at radius 3 is 2.68 bits per heavy atom. The Bertz CT molecular complexity index is 588. The van der Waals surface area contributed by atoms with Crippen LogP contribution in [0.1, 0.15) is 37.7 Å². The topological polar surface area (TPSA) is 48.1 Å². The van der Waals surface area contributed by atoms with E-state index in [4.69, 9.17) is 10.5 Å². The van der Waals surface area contributed by atoms with Crippen molar-refractivity contribution >= 4 is 10.9 Å². The number of nitrogens with zero attached hydrogens (tertiary/aromatic N) is 1. The molecule has 1 aromatic carbocycles. The summed E-state index contributed by atoms with van der Waals surface area (Å²) >= 11 is 0. The lowest BCUT2D eigenvalue weighted by Gasteiger charge is -2.34. The molecule has 2 N–H and O–H groups in total. The van der Waals surface area contributed by atoms with Crippen LogP contribution < -0.4 is 10.5 Å². The third-order valence-corrected chi connectivity index (χ3v) is 4.23. The zero-order chi connectivity index (χ0) is 13.3. The molecular weight excluding hydrogens is 236 g/mol. The second kappa shape index (κ2) is 4.82. The van der Waals surface area contributed by atoms with Crippen molar-refractivity contribution in [3.63, 3.8) is 0 Å². The van der Waals surface area contributed by atoms with Crippen molar-refractivity contribution in [2.24, 2.45) is 5.73 Å². The summed E-state index contributed by atoms with van der Waals surface area (Å²) in [6, 6.07) is 8.13. The summed E-state index contributed by atoms with van der Waals surface area (Å²) in [6.45, 7) is 0. The molecule has 19 heavy (non-hydrogen) atoms. The summed E-state index contributed by atoms with van der Waals surface area (Å²) in [5, 5.41) is 1.16. The van der Waals surface area contributed by atoms with Crippen LogP contribution >= 0.6 is 0 Å². The van der Waals surface area contributed by atoms with Crippen LogP contribution in [0.15, 0.2) is 30.5 Å². The van der Waals surface area contributed by atoms with Gasteiger partial charge in [-0.15, -0.1) is 0 Å². The van der Waals surface area contributed by atoms with Crippen molar-refractivity contribution in [3.8, 4) is 5.75 Å². The molecule has 0 amide bonds. The third kappa shape index (κ3) is 2.19. The van der Waals surface area contributed by atoms with Gasteiger partial charge in [-0.3, -0.25) is 4.98 Å². The average molecular weight is 256 g/mol. The van der Waals surface area contributed by atoms with Gasteiger partial charge in [0.1, 0.15) is 5.75 Å². The summed E-state index contributed by atoms with van der Waals surface area (Å²) in [5.41, 5.74) is 8.67. The Hall–Kier alpha value is -1.61. The van der Waals surface area contributed by atoms with Crippen LogP contribution in [0.4, 0.5) is 0 Å². The van der Waals surface area contributed by atoms with Crippen molar-refractivity contribution in [2.45, 2.75) is 37.6 Å². The van der Waals surface area contributed by atoms with Gasteiger partial charge < -0.3 is 10.5 Å². The first-order chi connectivity index (χ1) is 9.23. The Morgan fingerprint density at radius 2 is 1.95 bits per heavy atom. The van der Waals surface area contributed by atoms with E-state index in [1.807, 2.05) is 18.3 Å². The number of ether oxygens (including phenoxy) is 1. The van der Waals surface area contributed by atoms with Crippen LogP contribution in [-0.4, -0.2) is 12.1 Å². The van der Waals surface area contributed by atoms with Gasteiger partial charge in [-0.2, -0.15) is 0 Å². The molecule has 1 fully saturated rings. The van der Waals surface area contributed by atoms with E-state index in [0.717, 1.165) is 29.5 Å².